The van der Waals surface area contributed by atoms with E-state index in [0.29, 0.717) is 0 Å². The molecule has 0 saturated carbocycles. The third-order valence-electron chi connectivity index (χ3n) is 4.76. The molecule has 0 unspecified atom stereocenters. The van der Waals surface area contributed by atoms with E-state index >= 15 is 0 Å². The molecule has 0 bridgehead atoms. The van der Waals surface area contributed by atoms with Crippen LogP contribution >= 0.6 is 11.6 Å². The molecule has 4 aromatic rings. The van der Waals surface area contributed by atoms with Crippen molar-refractivity contribution in [2.24, 2.45) is 0 Å². The summed E-state index contributed by atoms with van der Waals surface area (Å²) in [5.74, 6) is -2.08. The van der Waals surface area contributed by atoms with Gasteiger partial charge in [-0.2, -0.15) is 5.10 Å². The highest BCUT2D eigenvalue weighted by Crippen LogP contribution is 2.21. The number of sulfonamides is 1. The number of nitrogens with zero attached hydrogens (tertiary/aromatic N) is 2. The number of hydrogen-bond donors (Lipinski definition) is 2. The maximum atomic E-state index is 14.1. The molecule has 3 aromatic carbocycles. The van der Waals surface area contributed by atoms with Gasteiger partial charge in [0.05, 0.1) is 17.0 Å². The monoisotopic (exact) mass is 486 g/mol. The number of aromatic nitrogens is 2. The molecule has 8 nitrogen and oxygen atoms in total. The molecule has 0 aliphatic carbocycles. The normalized spacial score (nSPS) is 11.5. The van der Waals surface area contributed by atoms with E-state index in [1.54, 1.807) is 42.5 Å². The fraction of sp³-hybridized carbons (Fsp3) is 0.0455. The summed E-state index contributed by atoms with van der Waals surface area (Å²) in [5.41, 5.74) is 2.21. The van der Waals surface area contributed by atoms with Crippen molar-refractivity contribution < 1.29 is 17.6 Å². The van der Waals surface area contributed by atoms with Gasteiger partial charge in [0.2, 0.25) is 0 Å². The summed E-state index contributed by atoms with van der Waals surface area (Å²) < 4.78 is 40.2. The maximum absolute atomic E-state index is 14.1. The Hall–Kier alpha value is -3.60. The van der Waals surface area contributed by atoms with Crippen LogP contribution in [0.25, 0.3) is 10.8 Å². The number of halogens is 2. The molecule has 0 radical (unpaired) electrons. The lowest BCUT2D eigenvalue weighted by molar-refractivity contribution is 0.0939. The van der Waals surface area contributed by atoms with Gasteiger partial charge in [0, 0.05) is 5.39 Å². The third kappa shape index (κ3) is 4.63. The first-order chi connectivity index (χ1) is 15.8. The Bertz CT molecular complexity index is 1520. The number of amides is 1. The Morgan fingerprint density at radius 2 is 1.64 bits per heavy atom. The number of rotatable bonds is 6. The van der Waals surface area contributed by atoms with E-state index in [9.17, 15) is 22.4 Å². The number of carbonyl (C=O) groups is 1. The average molecular weight is 487 g/mol. The second-order valence-corrected chi connectivity index (χ2v) is 9.01. The molecule has 33 heavy (non-hydrogen) atoms. The Balaban J connectivity index is 1.68. The Labute approximate surface area is 192 Å². The number of hydrogen-bond acceptors (Lipinski definition) is 5. The van der Waals surface area contributed by atoms with Crippen LogP contribution in [0.5, 0.6) is 0 Å². The molecular formula is C22H16ClFN4O4S. The van der Waals surface area contributed by atoms with E-state index < -0.39 is 32.2 Å². The van der Waals surface area contributed by atoms with Crippen LogP contribution in [-0.4, -0.2) is 24.1 Å². The van der Waals surface area contributed by atoms with Gasteiger partial charge < -0.3 is 0 Å². The van der Waals surface area contributed by atoms with Crippen molar-refractivity contribution in [3.63, 3.8) is 0 Å². The van der Waals surface area contributed by atoms with Gasteiger partial charge in [-0.1, -0.05) is 66.2 Å². The quantitative estimate of drug-likeness (QED) is 0.407. The molecule has 0 aliphatic heterocycles. The van der Waals surface area contributed by atoms with E-state index in [1.807, 2.05) is 16.3 Å². The first-order valence-electron chi connectivity index (χ1n) is 9.58. The maximum Gasteiger partial charge on any atom is 0.287 e. The second-order valence-electron chi connectivity index (χ2n) is 6.95. The van der Waals surface area contributed by atoms with Gasteiger partial charge in [0.25, 0.3) is 21.5 Å². The van der Waals surface area contributed by atoms with Crippen LogP contribution in [-0.2, 0) is 16.6 Å². The number of benzene rings is 3. The number of fused-ring (bicyclic) bond motifs is 1. The predicted molar refractivity (Wildman–Crippen MR) is 121 cm³/mol. The van der Waals surface area contributed by atoms with Crippen LogP contribution in [0.4, 0.5) is 4.39 Å². The van der Waals surface area contributed by atoms with E-state index in [2.05, 4.69) is 5.10 Å². The SMILES string of the molecule is O=C(NNS(=O)(=O)c1cccc(Cl)c1F)c1nn(Cc2ccccc2)c(=O)c2ccccc12. The van der Waals surface area contributed by atoms with E-state index in [-0.39, 0.29) is 28.0 Å². The topological polar surface area (TPSA) is 110 Å². The zero-order valence-corrected chi connectivity index (χ0v) is 18.4. The van der Waals surface area contributed by atoms with Crippen LogP contribution in [0.3, 0.4) is 0 Å². The van der Waals surface area contributed by atoms with Crippen LogP contribution in [0.2, 0.25) is 5.02 Å². The van der Waals surface area contributed by atoms with E-state index in [0.717, 1.165) is 16.3 Å². The van der Waals surface area contributed by atoms with E-state index in [4.69, 9.17) is 11.6 Å². The van der Waals surface area contributed by atoms with Crippen molar-refractivity contribution in [2.45, 2.75) is 11.4 Å². The molecule has 0 atom stereocenters. The highest BCUT2D eigenvalue weighted by molar-refractivity contribution is 7.89. The Morgan fingerprint density at radius 1 is 0.970 bits per heavy atom. The van der Waals surface area contributed by atoms with Gasteiger partial charge >= 0.3 is 0 Å². The molecule has 0 aliphatic rings. The lowest BCUT2D eigenvalue weighted by Crippen LogP contribution is -2.43. The van der Waals surface area contributed by atoms with E-state index in [1.165, 1.54) is 18.2 Å². The lowest BCUT2D eigenvalue weighted by atomic mass is 10.1. The van der Waals surface area contributed by atoms with Gasteiger partial charge in [-0.25, -0.2) is 17.5 Å². The fourth-order valence-corrected chi connectivity index (χ4v) is 4.36. The van der Waals surface area contributed by atoms with Gasteiger partial charge in [0.15, 0.2) is 11.5 Å². The van der Waals surface area contributed by atoms with Crippen LogP contribution < -0.4 is 15.8 Å². The van der Waals surface area contributed by atoms with Crippen LogP contribution in [0.1, 0.15) is 16.1 Å². The minimum Gasteiger partial charge on any atom is -0.272 e. The van der Waals surface area contributed by atoms with Crippen LogP contribution in [0, 0.1) is 5.82 Å². The smallest absolute Gasteiger partial charge is 0.272 e. The lowest BCUT2D eigenvalue weighted by Gasteiger charge is -2.12. The minimum absolute atomic E-state index is 0.101. The minimum atomic E-state index is -4.47. The fourth-order valence-electron chi connectivity index (χ4n) is 3.19. The van der Waals surface area contributed by atoms with Gasteiger partial charge in [-0.3, -0.25) is 15.0 Å². The average Bonchev–Trinajstić information content (AvgIpc) is 2.82. The second kappa shape index (κ2) is 9.10. The van der Waals surface area contributed by atoms with Gasteiger partial charge in [-0.15, -0.1) is 4.83 Å². The Kier molecular flexibility index (Phi) is 6.23. The molecule has 0 saturated heterocycles. The summed E-state index contributed by atoms with van der Waals surface area (Å²) in [6, 6.07) is 18.8. The van der Waals surface area contributed by atoms with Crippen molar-refractivity contribution in [1.29, 1.82) is 0 Å². The number of carbonyl (C=O) groups excluding carboxylic acids is 1. The molecule has 0 fully saturated rings. The summed E-state index contributed by atoms with van der Waals surface area (Å²) in [6.07, 6.45) is 0. The van der Waals surface area contributed by atoms with Crippen molar-refractivity contribution in [3.05, 3.63) is 105 Å². The van der Waals surface area contributed by atoms with Gasteiger partial charge in [0.1, 0.15) is 4.90 Å². The zero-order valence-electron chi connectivity index (χ0n) is 16.8. The largest absolute Gasteiger partial charge is 0.287 e. The Morgan fingerprint density at radius 3 is 2.36 bits per heavy atom. The molecule has 0 spiro atoms. The molecule has 2 N–H and O–H groups in total. The van der Waals surface area contributed by atoms with Crippen LogP contribution in [0.15, 0.2) is 82.5 Å². The molecular weight excluding hydrogens is 471 g/mol. The van der Waals surface area contributed by atoms with Crippen molar-refractivity contribution in [1.82, 2.24) is 20.0 Å². The van der Waals surface area contributed by atoms with Crippen molar-refractivity contribution >= 4 is 38.3 Å². The predicted octanol–water partition coefficient (Wildman–Crippen LogP) is 2.86. The first kappa shape index (κ1) is 22.6. The summed E-state index contributed by atoms with van der Waals surface area (Å²) in [5, 5.41) is 4.25. The van der Waals surface area contributed by atoms with Crippen molar-refractivity contribution in [2.75, 3.05) is 0 Å². The molecule has 4 rings (SSSR count). The molecule has 1 aromatic heterocycles. The first-order valence-corrected chi connectivity index (χ1v) is 11.4. The zero-order chi connectivity index (χ0) is 23.6. The highest BCUT2D eigenvalue weighted by Gasteiger charge is 2.23. The highest BCUT2D eigenvalue weighted by atomic mass is 35.5. The third-order valence-corrected chi connectivity index (χ3v) is 6.32. The summed E-state index contributed by atoms with van der Waals surface area (Å²) in [6.45, 7) is 0.101. The number of nitrogens with one attached hydrogen (secondary N) is 2. The van der Waals surface area contributed by atoms with Gasteiger partial charge in [-0.05, 0) is 23.8 Å². The standard InChI is InChI=1S/C22H16ClFN4O4S/c23-17-11-6-12-18(19(17)24)33(31,32)27-25-21(29)20-15-9-4-5-10-16(15)22(30)28(26-20)13-14-7-2-1-3-8-14/h1-12,27H,13H2,(H,25,29). The van der Waals surface area contributed by atoms with Crippen molar-refractivity contribution in [3.8, 4) is 0 Å². The summed E-state index contributed by atoms with van der Waals surface area (Å²) in [4.78, 5) is 26.9. The summed E-state index contributed by atoms with van der Waals surface area (Å²) >= 11 is 5.65. The molecule has 1 heterocycles. The number of hydrazine groups is 1. The molecule has 168 valence electrons. The molecule has 11 heteroatoms. The summed E-state index contributed by atoms with van der Waals surface area (Å²) in [7, 11) is -4.47. The molecule has 1 amide bonds.